The number of nitrogens with one attached hydrogen (secondary N) is 1. The number of carbonyl (C=O) groups is 2. The van der Waals surface area contributed by atoms with Crippen LogP contribution in [0.1, 0.15) is 41.0 Å². The molecule has 0 radical (unpaired) electrons. The lowest BCUT2D eigenvalue weighted by molar-refractivity contribution is -0.125. The summed E-state index contributed by atoms with van der Waals surface area (Å²) in [6.45, 7) is 1.29. The molecule has 1 amide bonds. The number of nitriles is 1. The maximum atomic E-state index is 12.3. The van der Waals surface area contributed by atoms with Gasteiger partial charge in [0.05, 0.1) is 11.8 Å². The molecule has 1 aliphatic carbocycles. The zero-order chi connectivity index (χ0) is 19.4. The van der Waals surface area contributed by atoms with E-state index in [0.29, 0.717) is 33.4 Å². The summed E-state index contributed by atoms with van der Waals surface area (Å²) in [5.74, 6) is -1.07. The standard InChI is InChI=1S/C19H18ClN3O3S/c1-12-16(27-17(22-12)13-5-4-6-14(20)9-13)18(25)26-10-15(24)23-19(11-21)7-2-3-8-19/h4-6,9H,2-3,7-8,10H2,1H3,(H,23,24). The highest BCUT2D eigenvalue weighted by Crippen LogP contribution is 2.30. The number of ether oxygens (including phenoxy) is 1. The molecule has 6 nitrogen and oxygen atoms in total. The minimum absolute atomic E-state index is 0.341. The first-order chi connectivity index (χ1) is 12.9. The van der Waals surface area contributed by atoms with E-state index in [0.717, 1.165) is 18.4 Å². The number of thiazole rings is 1. The highest BCUT2D eigenvalue weighted by atomic mass is 35.5. The van der Waals surface area contributed by atoms with Crippen molar-refractivity contribution in [3.63, 3.8) is 0 Å². The van der Waals surface area contributed by atoms with Crippen LogP contribution in [-0.4, -0.2) is 29.0 Å². The molecule has 1 heterocycles. The Morgan fingerprint density at radius 2 is 2.15 bits per heavy atom. The predicted molar refractivity (Wildman–Crippen MR) is 103 cm³/mol. The second-order valence-corrected chi connectivity index (χ2v) is 7.90. The SMILES string of the molecule is Cc1nc(-c2cccc(Cl)c2)sc1C(=O)OCC(=O)NC1(C#N)CCCC1. The molecule has 1 N–H and O–H groups in total. The van der Waals surface area contributed by atoms with Gasteiger partial charge in [-0.15, -0.1) is 11.3 Å². The van der Waals surface area contributed by atoms with Crippen molar-refractivity contribution in [1.29, 1.82) is 5.26 Å². The molecule has 3 rings (SSSR count). The van der Waals surface area contributed by atoms with E-state index in [2.05, 4.69) is 16.4 Å². The van der Waals surface area contributed by atoms with Crippen LogP contribution >= 0.6 is 22.9 Å². The minimum Gasteiger partial charge on any atom is -0.451 e. The fourth-order valence-corrected chi connectivity index (χ4v) is 4.22. The average molecular weight is 404 g/mol. The van der Waals surface area contributed by atoms with Gasteiger partial charge in [-0.3, -0.25) is 4.79 Å². The van der Waals surface area contributed by atoms with Crippen molar-refractivity contribution in [1.82, 2.24) is 10.3 Å². The van der Waals surface area contributed by atoms with Crippen LogP contribution in [0.5, 0.6) is 0 Å². The van der Waals surface area contributed by atoms with E-state index in [4.69, 9.17) is 16.3 Å². The molecule has 0 unspecified atom stereocenters. The van der Waals surface area contributed by atoms with Gasteiger partial charge >= 0.3 is 5.97 Å². The number of hydrogen-bond donors (Lipinski definition) is 1. The number of aromatic nitrogens is 1. The lowest BCUT2D eigenvalue weighted by Crippen LogP contribution is -2.46. The zero-order valence-electron chi connectivity index (χ0n) is 14.8. The normalized spacial score (nSPS) is 15.1. The lowest BCUT2D eigenvalue weighted by Gasteiger charge is -2.21. The molecule has 1 aromatic heterocycles. The lowest BCUT2D eigenvalue weighted by atomic mass is 10.00. The number of aryl methyl sites for hydroxylation is 1. The topological polar surface area (TPSA) is 92.1 Å². The van der Waals surface area contributed by atoms with E-state index < -0.39 is 24.0 Å². The summed E-state index contributed by atoms with van der Waals surface area (Å²) in [6.07, 6.45) is 3.06. The molecule has 1 fully saturated rings. The molecule has 0 spiro atoms. The van der Waals surface area contributed by atoms with Gasteiger partial charge in [-0.05, 0) is 44.7 Å². The van der Waals surface area contributed by atoms with Gasteiger partial charge in [0.15, 0.2) is 6.61 Å². The predicted octanol–water partition coefficient (Wildman–Crippen LogP) is 3.88. The Balaban J connectivity index is 1.63. The second kappa shape index (κ2) is 8.07. The van der Waals surface area contributed by atoms with E-state index in [-0.39, 0.29) is 0 Å². The number of amides is 1. The average Bonchev–Trinajstić information content (AvgIpc) is 3.27. The van der Waals surface area contributed by atoms with Gasteiger partial charge in [-0.25, -0.2) is 9.78 Å². The molecule has 0 aliphatic heterocycles. The summed E-state index contributed by atoms with van der Waals surface area (Å²) < 4.78 is 5.13. The summed E-state index contributed by atoms with van der Waals surface area (Å²) in [7, 11) is 0. The number of nitrogens with zero attached hydrogens (tertiary/aromatic N) is 2. The Hall–Kier alpha value is -2.43. The van der Waals surface area contributed by atoms with Gasteiger partial charge in [-0.1, -0.05) is 23.7 Å². The van der Waals surface area contributed by atoms with Gasteiger partial charge in [0, 0.05) is 10.6 Å². The van der Waals surface area contributed by atoms with Crippen LogP contribution in [0.3, 0.4) is 0 Å². The van der Waals surface area contributed by atoms with Crippen LogP contribution in [0, 0.1) is 18.3 Å². The van der Waals surface area contributed by atoms with Crippen molar-refractivity contribution in [2.45, 2.75) is 38.1 Å². The van der Waals surface area contributed by atoms with Crippen molar-refractivity contribution in [2.24, 2.45) is 0 Å². The van der Waals surface area contributed by atoms with Crippen LogP contribution in [0.15, 0.2) is 24.3 Å². The highest BCUT2D eigenvalue weighted by molar-refractivity contribution is 7.17. The van der Waals surface area contributed by atoms with Gasteiger partial charge in [0.25, 0.3) is 5.91 Å². The Bertz CT molecular complexity index is 913. The summed E-state index contributed by atoms with van der Waals surface area (Å²) in [5.41, 5.74) is 0.512. The van der Waals surface area contributed by atoms with E-state index in [1.165, 1.54) is 11.3 Å². The number of esters is 1. The quantitative estimate of drug-likeness (QED) is 0.764. The highest BCUT2D eigenvalue weighted by Gasteiger charge is 2.35. The maximum absolute atomic E-state index is 12.3. The van der Waals surface area contributed by atoms with Crippen molar-refractivity contribution in [3.8, 4) is 16.6 Å². The smallest absolute Gasteiger partial charge is 0.350 e. The molecule has 27 heavy (non-hydrogen) atoms. The molecular weight excluding hydrogens is 386 g/mol. The first-order valence-electron chi connectivity index (χ1n) is 8.55. The molecule has 1 saturated carbocycles. The Morgan fingerprint density at radius 3 is 2.81 bits per heavy atom. The summed E-state index contributed by atoms with van der Waals surface area (Å²) in [5, 5.41) is 13.2. The molecule has 0 saturated heterocycles. The van der Waals surface area contributed by atoms with Crippen LogP contribution < -0.4 is 5.32 Å². The van der Waals surface area contributed by atoms with E-state index >= 15 is 0 Å². The van der Waals surface area contributed by atoms with Crippen LogP contribution in [0.2, 0.25) is 5.02 Å². The minimum atomic E-state index is -0.830. The second-order valence-electron chi connectivity index (χ2n) is 6.47. The Labute approximate surface area is 166 Å². The fourth-order valence-electron chi connectivity index (χ4n) is 3.07. The van der Waals surface area contributed by atoms with E-state index in [9.17, 15) is 14.9 Å². The van der Waals surface area contributed by atoms with E-state index in [1.54, 1.807) is 19.1 Å². The zero-order valence-corrected chi connectivity index (χ0v) is 16.3. The first kappa shape index (κ1) is 19.3. The van der Waals surface area contributed by atoms with Crippen molar-refractivity contribution >= 4 is 34.8 Å². The number of benzene rings is 1. The monoisotopic (exact) mass is 403 g/mol. The van der Waals surface area contributed by atoms with E-state index in [1.807, 2.05) is 12.1 Å². The molecule has 8 heteroatoms. The van der Waals surface area contributed by atoms with Crippen LogP contribution in [0.4, 0.5) is 0 Å². The third-order valence-electron chi connectivity index (χ3n) is 4.44. The van der Waals surface area contributed by atoms with Crippen molar-refractivity contribution in [2.75, 3.05) is 6.61 Å². The first-order valence-corrected chi connectivity index (χ1v) is 9.75. The van der Waals surface area contributed by atoms with Crippen LogP contribution in [0.25, 0.3) is 10.6 Å². The maximum Gasteiger partial charge on any atom is 0.350 e. The fraction of sp³-hybridized carbons (Fsp3) is 0.368. The largest absolute Gasteiger partial charge is 0.451 e. The number of hydrogen-bond acceptors (Lipinski definition) is 6. The molecule has 0 bridgehead atoms. The number of halogens is 1. The van der Waals surface area contributed by atoms with Crippen LogP contribution in [-0.2, 0) is 9.53 Å². The summed E-state index contributed by atoms with van der Waals surface area (Å²) in [6, 6.07) is 9.37. The van der Waals surface area contributed by atoms with Crippen molar-refractivity contribution in [3.05, 3.63) is 39.9 Å². The number of carbonyl (C=O) groups excluding carboxylic acids is 2. The number of rotatable bonds is 5. The third-order valence-corrected chi connectivity index (χ3v) is 5.86. The van der Waals surface area contributed by atoms with Crippen molar-refractivity contribution < 1.29 is 14.3 Å². The molecule has 1 aromatic carbocycles. The molecule has 1 aliphatic rings. The molecule has 2 aromatic rings. The summed E-state index contributed by atoms with van der Waals surface area (Å²) >= 11 is 7.19. The Morgan fingerprint density at radius 1 is 1.41 bits per heavy atom. The summed E-state index contributed by atoms with van der Waals surface area (Å²) in [4.78, 5) is 29.2. The van der Waals surface area contributed by atoms with Gasteiger partial charge in [0.1, 0.15) is 15.4 Å². The molecular formula is C19H18ClN3O3S. The van der Waals surface area contributed by atoms with Gasteiger partial charge in [-0.2, -0.15) is 5.26 Å². The van der Waals surface area contributed by atoms with Gasteiger partial charge in [0.2, 0.25) is 0 Å². The molecule has 0 atom stereocenters. The third kappa shape index (κ3) is 4.46. The van der Waals surface area contributed by atoms with Gasteiger partial charge < -0.3 is 10.1 Å². The Kier molecular flexibility index (Phi) is 5.78. The molecule has 140 valence electrons.